The van der Waals surface area contributed by atoms with Gasteiger partial charge in [0.2, 0.25) is 0 Å². The minimum atomic E-state index is -0.312. The molecule has 1 aromatic heterocycles. The van der Waals surface area contributed by atoms with Gasteiger partial charge in [-0.25, -0.2) is 4.79 Å². The number of rotatable bonds is 7. The summed E-state index contributed by atoms with van der Waals surface area (Å²) in [5.41, 5.74) is 2.03. The normalized spacial score (nSPS) is 17.3. The van der Waals surface area contributed by atoms with Gasteiger partial charge in [0, 0.05) is 18.8 Å². The van der Waals surface area contributed by atoms with E-state index in [-0.39, 0.29) is 5.97 Å². The van der Waals surface area contributed by atoms with Crippen molar-refractivity contribution in [2.45, 2.75) is 52.5 Å². The van der Waals surface area contributed by atoms with Crippen molar-refractivity contribution in [1.29, 1.82) is 0 Å². The molecule has 0 aliphatic heterocycles. The summed E-state index contributed by atoms with van der Waals surface area (Å²) < 4.78 is 4.70. The van der Waals surface area contributed by atoms with E-state index in [1.807, 2.05) is 6.07 Å². The minimum absolute atomic E-state index is 0.312. The molecule has 1 aliphatic rings. The molecule has 0 aromatic carbocycles. The second kappa shape index (κ2) is 7.12. The summed E-state index contributed by atoms with van der Waals surface area (Å²) in [6.45, 7) is 6.47. The molecule has 21 heavy (non-hydrogen) atoms. The minimum Gasteiger partial charge on any atom is -0.464 e. The first-order valence-corrected chi connectivity index (χ1v) is 8.02. The number of hydrogen-bond acceptors (Lipinski definition) is 3. The molecular formula is C17H28N2O2. The predicted octanol–water partition coefficient (Wildman–Crippen LogP) is 3.50. The Morgan fingerprint density at radius 2 is 2.10 bits per heavy atom. The van der Waals surface area contributed by atoms with Gasteiger partial charge in [0.05, 0.1) is 7.11 Å². The zero-order chi connectivity index (χ0) is 15.3. The zero-order valence-electron chi connectivity index (χ0n) is 13.5. The van der Waals surface area contributed by atoms with Crippen LogP contribution < -0.4 is 5.32 Å². The van der Waals surface area contributed by atoms with Crippen LogP contribution in [0.3, 0.4) is 0 Å². The van der Waals surface area contributed by atoms with E-state index in [0.29, 0.717) is 11.1 Å². The maximum Gasteiger partial charge on any atom is 0.354 e. The lowest BCUT2D eigenvalue weighted by atomic mass is 9.78. The molecule has 1 aliphatic carbocycles. The van der Waals surface area contributed by atoms with Crippen LogP contribution in [0.25, 0.3) is 0 Å². The number of aromatic nitrogens is 1. The molecule has 0 bridgehead atoms. The highest BCUT2D eigenvalue weighted by Gasteiger charge is 2.33. The molecule has 2 rings (SSSR count). The van der Waals surface area contributed by atoms with Gasteiger partial charge in [0.25, 0.3) is 0 Å². The molecule has 118 valence electrons. The monoisotopic (exact) mass is 292 g/mol. The molecule has 1 fully saturated rings. The van der Waals surface area contributed by atoms with Crippen molar-refractivity contribution in [3.63, 3.8) is 0 Å². The SMILES string of the molecule is COC(=O)c1ccc(CNCC2(CC(C)C)CCCC2)[nH]1. The maximum atomic E-state index is 11.4. The van der Waals surface area contributed by atoms with E-state index < -0.39 is 0 Å². The highest BCUT2D eigenvalue weighted by molar-refractivity contribution is 5.87. The van der Waals surface area contributed by atoms with Crippen LogP contribution in [0.4, 0.5) is 0 Å². The maximum absolute atomic E-state index is 11.4. The van der Waals surface area contributed by atoms with Crippen molar-refractivity contribution < 1.29 is 9.53 Å². The number of carbonyl (C=O) groups excluding carboxylic acids is 1. The summed E-state index contributed by atoms with van der Waals surface area (Å²) in [4.78, 5) is 14.5. The van der Waals surface area contributed by atoms with Crippen LogP contribution >= 0.6 is 0 Å². The van der Waals surface area contributed by atoms with Crippen LogP contribution in [0.15, 0.2) is 12.1 Å². The Labute approximate surface area is 127 Å². The van der Waals surface area contributed by atoms with Gasteiger partial charge in [-0.05, 0) is 42.7 Å². The van der Waals surface area contributed by atoms with Gasteiger partial charge in [-0.3, -0.25) is 0 Å². The van der Waals surface area contributed by atoms with E-state index in [2.05, 4.69) is 24.1 Å². The molecule has 4 nitrogen and oxygen atoms in total. The van der Waals surface area contributed by atoms with E-state index in [1.54, 1.807) is 6.07 Å². The summed E-state index contributed by atoms with van der Waals surface area (Å²) in [5, 5.41) is 3.58. The number of hydrogen-bond donors (Lipinski definition) is 2. The Balaban J connectivity index is 1.85. The molecule has 1 aromatic rings. The molecule has 0 saturated heterocycles. The summed E-state index contributed by atoms with van der Waals surface area (Å²) in [6.07, 6.45) is 6.72. The summed E-state index contributed by atoms with van der Waals surface area (Å²) in [6, 6.07) is 3.73. The largest absolute Gasteiger partial charge is 0.464 e. The first-order valence-electron chi connectivity index (χ1n) is 8.02. The van der Waals surface area contributed by atoms with Crippen molar-refractivity contribution in [2.75, 3.05) is 13.7 Å². The smallest absolute Gasteiger partial charge is 0.354 e. The number of aromatic amines is 1. The summed E-state index contributed by atoms with van der Waals surface area (Å²) >= 11 is 0. The van der Waals surface area contributed by atoms with Crippen LogP contribution in [0.5, 0.6) is 0 Å². The molecule has 2 N–H and O–H groups in total. The van der Waals surface area contributed by atoms with Gasteiger partial charge in [0.1, 0.15) is 5.69 Å². The number of carbonyl (C=O) groups is 1. The van der Waals surface area contributed by atoms with Crippen LogP contribution in [0.2, 0.25) is 0 Å². The Kier molecular flexibility index (Phi) is 5.45. The van der Waals surface area contributed by atoms with Crippen molar-refractivity contribution in [2.24, 2.45) is 11.3 Å². The fourth-order valence-corrected chi connectivity index (χ4v) is 3.68. The molecule has 0 radical (unpaired) electrons. The van der Waals surface area contributed by atoms with E-state index in [4.69, 9.17) is 4.74 Å². The van der Waals surface area contributed by atoms with Crippen LogP contribution in [0, 0.1) is 11.3 Å². The topological polar surface area (TPSA) is 54.1 Å². The standard InChI is InChI=1S/C17H28N2O2/c1-13(2)10-17(8-4-5-9-17)12-18-11-14-6-7-15(19-14)16(20)21-3/h6-7,13,18-19H,4-5,8-12H2,1-3H3. The first kappa shape index (κ1) is 16.1. The Bertz CT molecular complexity index is 459. The lowest BCUT2D eigenvalue weighted by molar-refractivity contribution is 0.0594. The average Bonchev–Trinajstić information content (AvgIpc) is 3.07. The molecular weight excluding hydrogens is 264 g/mol. The van der Waals surface area contributed by atoms with Crippen molar-refractivity contribution >= 4 is 5.97 Å². The van der Waals surface area contributed by atoms with Crippen LogP contribution in [0.1, 0.15) is 62.1 Å². The van der Waals surface area contributed by atoms with Crippen molar-refractivity contribution in [1.82, 2.24) is 10.3 Å². The van der Waals surface area contributed by atoms with Crippen molar-refractivity contribution in [3.8, 4) is 0 Å². The van der Waals surface area contributed by atoms with Gasteiger partial charge >= 0.3 is 5.97 Å². The number of nitrogens with one attached hydrogen (secondary N) is 2. The molecule has 0 amide bonds. The summed E-state index contributed by atoms with van der Waals surface area (Å²) in [5.74, 6) is 0.439. The number of methoxy groups -OCH3 is 1. The van der Waals surface area contributed by atoms with Gasteiger partial charge in [-0.15, -0.1) is 0 Å². The first-order chi connectivity index (χ1) is 10.0. The number of H-pyrrole nitrogens is 1. The molecule has 0 spiro atoms. The Morgan fingerprint density at radius 1 is 1.38 bits per heavy atom. The molecule has 1 heterocycles. The number of ether oxygens (including phenoxy) is 1. The van der Waals surface area contributed by atoms with E-state index in [0.717, 1.165) is 24.7 Å². The van der Waals surface area contributed by atoms with Crippen LogP contribution in [-0.4, -0.2) is 24.6 Å². The third-order valence-electron chi connectivity index (χ3n) is 4.47. The molecule has 0 unspecified atom stereocenters. The zero-order valence-corrected chi connectivity index (χ0v) is 13.5. The van der Waals surface area contributed by atoms with Crippen LogP contribution in [-0.2, 0) is 11.3 Å². The Hall–Kier alpha value is -1.29. The fourth-order valence-electron chi connectivity index (χ4n) is 3.68. The van der Waals surface area contributed by atoms with E-state index >= 15 is 0 Å². The average molecular weight is 292 g/mol. The predicted molar refractivity (Wildman–Crippen MR) is 84.2 cm³/mol. The van der Waals surface area contributed by atoms with E-state index in [9.17, 15) is 4.79 Å². The molecule has 0 atom stereocenters. The van der Waals surface area contributed by atoms with E-state index in [1.165, 1.54) is 39.2 Å². The third kappa shape index (κ3) is 4.34. The second-order valence-corrected chi connectivity index (χ2v) is 6.80. The van der Waals surface area contributed by atoms with Gasteiger partial charge in [0.15, 0.2) is 0 Å². The third-order valence-corrected chi connectivity index (χ3v) is 4.47. The highest BCUT2D eigenvalue weighted by atomic mass is 16.5. The lowest BCUT2D eigenvalue weighted by Crippen LogP contribution is -2.33. The summed E-state index contributed by atoms with van der Waals surface area (Å²) in [7, 11) is 1.40. The quantitative estimate of drug-likeness (QED) is 0.756. The Morgan fingerprint density at radius 3 is 2.71 bits per heavy atom. The van der Waals surface area contributed by atoms with Gasteiger partial charge in [-0.2, -0.15) is 0 Å². The number of esters is 1. The van der Waals surface area contributed by atoms with Gasteiger partial charge < -0.3 is 15.0 Å². The highest BCUT2D eigenvalue weighted by Crippen LogP contribution is 2.42. The second-order valence-electron chi connectivity index (χ2n) is 6.80. The molecule has 4 heteroatoms. The van der Waals surface area contributed by atoms with Gasteiger partial charge in [-0.1, -0.05) is 26.7 Å². The fraction of sp³-hybridized carbons (Fsp3) is 0.706. The lowest BCUT2D eigenvalue weighted by Gasteiger charge is -2.31. The van der Waals surface area contributed by atoms with Crippen molar-refractivity contribution in [3.05, 3.63) is 23.5 Å². The molecule has 1 saturated carbocycles.